The maximum absolute atomic E-state index is 6.17. The van der Waals surface area contributed by atoms with E-state index in [1.54, 1.807) is 6.07 Å². The van der Waals surface area contributed by atoms with Gasteiger partial charge in [0.2, 0.25) is 0 Å². The molecule has 1 nitrogen and oxygen atoms in total. The molecule has 1 saturated heterocycles. The predicted octanol–water partition coefficient (Wildman–Crippen LogP) is 4.66. The summed E-state index contributed by atoms with van der Waals surface area (Å²) in [7, 11) is 0. The van der Waals surface area contributed by atoms with Crippen molar-refractivity contribution >= 4 is 23.2 Å². The minimum atomic E-state index is 0.423. The van der Waals surface area contributed by atoms with E-state index in [0.29, 0.717) is 23.1 Å². The van der Waals surface area contributed by atoms with Crippen LogP contribution < -0.4 is 0 Å². The number of benzene rings is 1. The highest BCUT2D eigenvalue weighted by atomic mass is 35.5. The average molecular weight is 259 g/mol. The van der Waals surface area contributed by atoms with Gasteiger partial charge in [0.1, 0.15) is 0 Å². The van der Waals surface area contributed by atoms with Crippen LogP contribution in [0, 0.1) is 0 Å². The van der Waals surface area contributed by atoms with Crippen molar-refractivity contribution in [3.05, 3.63) is 33.8 Å². The summed E-state index contributed by atoms with van der Waals surface area (Å²) in [5, 5.41) is 1.45. The van der Waals surface area contributed by atoms with Crippen LogP contribution in [0.5, 0.6) is 0 Å². The van der Waals surface area contributed by atoms with Crippen molar-refractivity contribution in [1.29, 1.82) is 0 Å². The van der Waals surface area contributed by atoms with Gasteiger partial charge in [0.25, 0.3) is 0 Å². The summed E-state index contributed by atoms with van der Waals surface area (Å²) in [6.07, 6.45) is 3.03. The summed E-state index contributed by atoms with van der Waals surface area (Å²) < 4.78 is 5.55. The number of hydrogen-bond donors (Lipinski definition) is 0. The Morgan fingerprint density at radius 1 is 1.31 bits per heavy atom. The van der Waals surface area contributed by atoms with Gasteiger partial charge in [-0.15, -0.1) is 0 Å². The predicted molar refractivity (Wildman–Crippen MR) is 68.4 cm³/mol. The molecular formula is C13H16Cl2O. The van der Waals surface area contributed by atoms with Crippen LogP contribution in [0.1, 0.15) is 38.2 Å². The summed E-state index contributed by atoms with van der Waals surface area (Å²) in [4.78, 5) is 0. The van der Waals surface area contributed by atoms with E-state index < -0.39 is 0 Å². The maximum atomic E-state index is 6.17. The minimum absolute atomic E-state index is 0.423. The lowest BCUT2D eigenvalue weighted by atomic mass is 9.95. The normalized spacial score (nSPS) is 25.5. The molecule has 1 fully saturated rings. The molecular weight excluding hydrogens is 243 g/mol. The molecule has 0 aliphatic carbocycles. The van der Waals surface area contributed by atoms with E-state index in [1.165, 1.54) is 0 Å². The van der Waals surface area contributed by atoms with Crippen LogP contribution in [-0.2, 0) is 4.74 Å². The molecule has 88 valence electrons. The lowest BCUT2D eigenvalue weighted by molar-refractivity contribution is 0.353. The third kappa shape index (κ3) is 2.71. The van der Waals surface area contributed by atoms with Crippen molar-refractivity contribution < 1.29 is 4.74 Å². The average Bonchev–Trinajstić information content (AvgIpc) is 2.96. The molecule has 3 unspecified atom stereocenters. The van der Waals surface area contributed by atoms with Crippen molar-refractivity contribution in [3.8, 4) is 0 Å². The lowest BCUT2D eigenvalue weighted by Crippen LogP contribution is -2.01. The molecule has 0 aromatic heterocycles. The molecule has 0 saturated carbocycles. The number of hydrogen-bond acceptors (Lipinski definition) is 1. The van der Waals surface area contributed by atoms with Crippen LogP contribution in [0.4, 0.5) is 0 Å². The lowest BCUT2D eigenvalue weighted by Gasteiger charge is -2.12. The van der Waals surface area contributed by atoms with Crippen molar-refractivity contribution in [3.63, 3.8) is 0 Å². The first kappa shape index (κ1) is 12.2. The first-order chi connectivity index (χ1) is 7.61. The molecule has 0 amide bonds. The van der Waals surface area contributed by atoms with E-state index >= 15 is 0 Å². The van der Waals surface area contributed by atoms with Crippen molar-refractivity contribution in [2.24, 2.45) is 0 Å². The van der Waals surface area contributed by atoms with Gasteiger partial charge < -0.3 is 4.74 Å². The van der Waals surface area contributed by atoms with Crippen LogP contribution >= 0.6 is 23.2 Å². The first-order valence-electron chi connectivity index (χ1n) is 5.72. The highest BCUT2D eigenvalue weighted by Crippen LogP contribution is 2.36. The molecule has 0 radical (unpaired) electrons. The Balaban J connectivity index is 2.01. The fraction of sp³-hybridized carbons (Fsp3) is 0.538. The molecule has 1 aromatic rings. The van der Waals surface area contributed by atoms with Crippen LogP contribution in [0.2, 0.25) is 10.0 Å². The summed E-state index contributed by atoms with van der Waals surface area (Å²) in [5.41, 5.74) is 1.16. The Bertz CT molecular complexity index is 378. The zero-order chi connectivity index (χ0) is 11.7. The SMILES string of the molecule is CCC1OC1CC(C)c1ccc(Cl)cc1Cl. The Kier molecular flexibility index (Phi) is 3.78. The van der Waals surface area contributed by atoms with E-state index in [4.69, 9.17) is 27.9 Å². The van der Waals surface area contributed by atoms with Crippen LogP contribution in [0.25, 0.3) is 0 Å². The van der Waals surface area contributed by atoms with Crippen LogP contribution in [-0.4, -0.2) is 12.2 Å². The van der Waals surface area contributed by atoms with Crippen molar-refractivity contribution in [2.45, 2.75) is 44.8 Å². The third-order valence-corrected chi connectivity index (χ3v) is 3.73. The molecule has 1 aliphatic rings. The van der Waals surface area contributed by atoms with E-state index in [1.807, 2.05) is 12.1 Å². The Morgan fingerprint density at radius 3 is 2.62 bits per heavy atom. The second kappa shape index (κ2) is 4.95. The number of halogens is 2. The minimum Gasteiger partial charge on any atom is -0.370 e. The third-order valence-electron chi connectivity index (χ3n) is 3.17. The molecule has 16 heavy (non-hydrogen) atoms. The van der Waals surface area contributed by atoms with Gasteiger partial charge in [-0.2, -0.15) is 0 Å². The molecule has 3 heteroatoms. The summed E-state index contributed by atoms with van der Waals surface area (Å²) >= 11 is 12.0. The molecule has 3 atom stereocenters. The second-order valence-electron chi connectivity index (χ2n) is 4.42. The molecule has 2 rings (SSSR count). The first-order valence-corrected chi connectivity index (χ1v) is 6.47. The maximum Gasteiger partial charge on any atom is 0.0847 e. The van der Waals surface area contributed by atoms with Gasteiger partial charge in [0.05, 0.1) is 12.2 Å². The molecule has 1 aromatic carbocycles. The van der Waals surface area contributed by atoms with Gasteiger partial charge in [0.15, 0.2) is 0 Å². The molecule has 0 N–H and O–H groups in total. The van der Waals surface area contributed by atoms with Crippen molar-refractivity contribution in [1.82, 2.24) is 0 Å². The fourth-order valence-corrected chi connectivity index (χ4v) is 2.72. The Labute approximate surface area is 107 Å². The topological polar surface area (TPSA) is 12.5 Å². The van der Waals surface area contributed by atoms with Crippen LogP contribution in [0.15, 0.2) is 18.2 Å². The standard InChI is InChI=1S/C13H16Cl2O/c1-3-12-13(16-12)6-8(2)10-5-4-9(14)7-11(10)15/h4-5,7-8,12-13H,3,6H2,1-2H3. The highest BCUT2D eigenvalue weighted by molar-refractivity contribution is 6.35. The van der Waals surface area contributed by atoms with Gasteiger partial charge in [-0.3, -0.25) is 0 Å². The molecule has 0 bridgehead atoms. The second-order valence-corrected chi connectivity index (χ2v) is 5.27. The van der Waals surface area contributed by atoms with Gasteiger partial charge >= 0.3 is 0 Å². The Hall–Kier alpha value is -0.240. The van der Waals surface area contributed by atoms with Gasteiger partial charge in [-0.25, -0.2) is 0 Å². The van der Waals surface area contributed by atoms with Crippen LogP contribution in [0.3, 0.4) is 0 Å². The van der Waals surface area contributed by atoms with Gasteiger partial charge in [0, 0.05) is 10.0 Å². The van der Waals surface area contributed by atoms with E-state index in [-0.39, 0.29) is 0 Å². The molecule has 0 spiro atoms. The zero-order valence-electron chi connectivity index (χ0n) is 9.54. The summed E-state index contributed by atoms with van der Waals surface area (Å²) in [5.74, 6) is 0.423. The van der Waals surface area contributed by atoms with Gasteiger partial charge in [-0.1, -0.05) is 43.1 Å². The highest BCUT2D eigenvalue weighted by Gasteiger charge is 2.37. The zero-order valence-corrected chi connectivity index (χ0v) is 11.1. The number of rotatable bonds is 4. The van der Waals surface area contributed by atoms with E-state index in [0.717, 1.165) is 23.4 Å². The molecule has 1 heterocycles. The number of ether oxygens (including phenoxy) is 1. The van der Waals surface area contributed by atoms with Crippen molar-refractivity contribution in [2.75, 3.05) is 0 Å². The summed E-state index contributed by atoms with van der Waals surface area (Å²) in [6, 6.07) is 5.71. The quantitative estimate of drug-likeness (QED) is 0.716. The van der Waals surface area contributed by atoms with E-state index in [9.17, 15) is 0 Å². The fourth-order valence-electron chi connectivity index (χ4n) is 2.12. The monoisotopic (exact) mass is 258 g/mol. The summed E-state index contributed by atoms with van der Waals surface area (Å²) in [6.45, 7) is 4.34. The smallest absolute Gasteiger partial charge is 0.0847 e. The largest absolute Gasteiger partial charge is 0.370 e. The van der Waals surface area contributed by atoms with Gasteiger partial charge in [-0.05, 0) is 36.5 Å². The van der Waals surface area contributed by atoms with E-state index in [2.05, 4.69) is 13.8 Å². The number of epoxide rings is 1. The molecule has 1 aliphatic heterocycles. The Morgan fingerprint density at radius 2 is 2.06 bits per heavy atom.